The van der Waals surface area contributed by atoms with Crippen molar-refractivity contribution in [2.75, 3.05) is 18.4 Å². The highest BCUT2D eigenvalue weighted by molar-refractivity contribution is 5.97. The van der Waals surface area contributed by atoms with Crippen LogP contribution in [0.25, 0.3) is 0 Å². The van der Waals surface area contributed by atoms with Crippen LogP contribution in [0.1, 0.15) is 51.8 Å². The van der Waals surface area contributed by atoms with E-state index >= 15 is 0 Å². The molecule has 0 radical (unpaired) electrons. The third kappa shape index (κ3) is 7.28. The number of rotatable bonds is 11. The molecule has 0 bridgehead atoms. The Hall–Kier alpha value is -3.91. The van der Waals surface area contributed by atoms with Crippen molar-refractivity contribution in [3.8, 4) is 0 Å². The van der Waals surface area contributed by atoms with Gasteiger partial charge in [0.25, 0.3) is 11.8 Å². The quantitative estimate of drug-likeness (QED) is 0.394. The molecule has 1 aromatic heterocycles. The van der Waals surface area contributed by atoms with Gasteiger partial charge >= 0.3 is 0 Å². The van der Waals surface area contributed by atoms with E-state index in [0.717, 1.165) is 24.2 Å². The third-order valence-corrected chi connectivity index (χ3v) is 5.61. The monoisotopic (exact) mass is 474 g/mol. The Morgan fingerprint density at radius 1 is 0.943 bits per heavy atom. The van der Waals surface area contributed by atoms with E-state index in [4.69, 9.17) is 4.42 Å². The van der Waals surface area contributed by atoms with Crippen molar-refractivity contribution in [3.05, 3.63) is 89.4 Å². The van der Waals surface area contributed by atoms with Crippen molar-refractivity contribution in [2.24, 2.45) is 0 Å². The fourth-order valence-electron chi connectivity index (χ4n) is 3.71. The Balaban J connectivity index is 1.40. The van der Waals surface area contributed by atoms with Crippen molar-refractivity contribution < 1.29 is 18.8 Å². The number of benzene rings is 2. The number of anilines is 1. The summed E-state index contributed by atoms with van der Waals surface area (Å²) in [6, 6.07) is 18.3. The van der Waals surface area contributed by atoms with Crippen LogP contribution in [0, 0.1) is 0 Å². The molecule has 1 saturated carbocycles. The molecule has 0 saturated heterocycles. The minimum absolute atomic E-state index is 0.0549. The zero-order valence-corrected chi connectivity index (χ0v) is 19.8. The maximum absolute atomic E-state index is 12.9. The van der Waals surface area contributed by atoms with Crippen LogP contribution in [0.15, 0.2) is 71.3 Å². The van der Waals surface area contributed by atoms with Gasteiger partial charge in [0.2, 0.25) is 5.91 Å². The SMILES string of the molecule is CCNC(=O)c1cccc(NC(=O)CN(Cc2ccc(C(=O)NC3CC3)cc2)Cc2ccco2)c1. The second-order valence-corrected chi connectivity index (χ2v) is 8.66. The molecule has 182 valence electrons. The number of carbonyl (C=O) groups is 3. The van der Waals surface area contributed by atoms with Gasteiger partial charge in [-0.2, -0.15) is 0 Å². The smallest absolute Gasteiger partial charge is 0.251 e. The van der Waals surface area contributed by atoms with Gasteiger partial charge in [0.1, 0.15) is 5.76 Å². The molecule has 4 rings (SSSR count). The molecule has 8 heteroatoms. The molecular formula is C27H30N4O4. The first-order chi connectivity index (χ1) is 17.0. The second-order valence-electron chi connectivity index (χ2n) is 8.66. The molecule has 1 heterocycles. The first-order valence-electron chi connectivity index (χ1n) is 11.8. The minimum atomic E-state index is -0.204. The summed E-state index contributed by atoms with van der Waals surface area (Å²) in [6.07, 6.45) is 3.70. The Bertz CT molecular complexity index is 1150. The number of nitrogens with zero attached hydrogens (tertiary/aromatic N) is 1. The highest BCUT2D eigenvalue weighted by Crippen LogP contribution is 2.20. The maximum atomic E-state index is 12.9. The average Bonchev–Trinajstić information content (AvgIpc) is 3.51. The number of carbonyl (C=O) groups excluding carboxylic acids is 3. The van der Waals surface area contributed by atoms with Crippen molar-refractivity contribution >= 4 is 23.4 Å². The van der Waals surface area contributed by atoms with Crippen LogP contribution in [0.4, 0.5) is 5.69 Å². The van der Waals surface area contributed by atoms with Gasteiger partial charge in [0, 0.05) is 35.9 Å². The van der Waals surface area contributed by atoms with Crippen LogP contribution in [0.5, 0.6) is 0 Å². The molecule has 0 unspecified atom stereocenters. The molecule has 2 aromatic carbocycles. The zero-order chi connectivity index (χ0) is 24.6. The molecule has 0 atom stereocenters. The Morgan fingerprint density at radius 3 is 2.43 bits per heavy atom. The largest absolute Gasteiger partial charge is 0.468 e. The van der Waals surface area contributed by atoms with E-state index in [1.165, 1.54) is 0 Å². The molecule has 3 aromatic rings. The lowest BCUT2D eigenvalue weighted by Gasteiger charge is -2.21. The normalized spacial score (nSPS) is 12.9. The van der Waals surface area contributed by atoms with Crippen molar-refractivity contribution in [2.45, 2.75) is 38.9 Å². The van der Waals surface area contributed by atoms with Gasteiger partial charge in [-0.25, -0.2) is 0 Å². The Morgan fingerprint density at radius 2 is 1.74 bits per heavy atom. The Labute approximate surface area is 204 Å². The lowest BCUT2D eigenvalue weighted by Crippen LogP contribution is -2.32. The van der Waals surface area contributed by atoms with Crippen molar-refractivity contribution in [1.82, 2.24) is 15.5 Å². The molecule has 0 aliphatic heterocycles. The number of nitrogens with one attached hydrogen (secondary N) is 3. The van der Waals surface area contributed by atoms with Crippen LogP contribution in [-0.4, -0.2) is 41.8 Å². The molecule has 0 spiro atoms. The fourth-order valence-corrected chi connectivity index (χ4v) is 3.71. The van der Waals surface area contributed by atoms with E-state index in [9.17, 15) is 14.4 Å². The standard InChI is InChI=1S/C27H30N4O4/c1-2-28-26(33)21-5-3-6-23(15-21)29-25(32)18-31(17-24-7-4-14-35-24)16-19-8-10-20(11-9-19)27(34)30-22-12-13-22/h3-11,14-15,22H,2,12-13,16-18H2,1H3,(H,28,33)(H,29,32)(H,30,34). The molecule has 3 N–H and O–H groups in total. The molecular weight excluding hydrogens is 444 g/mol. The van der Waals surface area contributed by atoms with Crippen LogP contribution < -0.4 is 16.0 Å². The minimum Gasteiger partial charge on any atom is -0.468 e. The summed E-state index contributed by atoms with van der Waals surface area (Å²) in [7, 11) is 0. The average molecular weight is 475 g/mol. The van der Waals surface area contributed by atoms with Crippen LogP contribution >= 0.6 is 0 Å². The summed E-state index contributed by atoms with van der Waals surface area (Å²) in [5.41, 5.74) is 2.65. The lowest BCUT2D eigenvalue weighted by molar-refractivity contribution is -0.117. The van der Waals surface area contributed by atoms with Crippen LogP contribution in [-0.2, 0) is 17.9 Å². The number of hydrogen-bond donors (Lipinski definition) is 3. The van der Waals surface area contributed by atoms with Crippen LogP contribution in [0.3, 0.4) is 0 Å². The summed E-state index contributed by atoms with van der Waals surface area (Å²) < 4.78 is 5.49. The van der Waals surface area contributed by atoms with Gasteiger partial charge in [-0.15, -0.1) is 0 Å². The van der Waals surface area contributed by atoms with Crippen LogP contribution in [0.2, 0.25) is 0 Å². The fraction of sp³-hybridized carbons (Fsp3) is 0.296. The zero-order valence-electron chi connectivity index (χ0n) is 19.8. The van der Waals surface area contributed by atoms with Gasteiger partial charge in [0.15, 0.2) is 0 Å². The first kappa shape index (κ1) is 24.2. The van der Waals surface area contributed by atoms with Crippen molar-refractivity contribution in [3.63, 3.8) is 0 Å². The third-order valence-electron chi connectivity index (χ3n) is 5.61. The summed E-state index contributed by atoms with van der Waals surface area (Å²) in [4.78, 5) is 39.2. The Kier molecular flexibility index (Phi) is 7.95. The van der Waals surface area contributed by atoms with E-state index in [-0.39, 0.29) is 24.3 Å². The summed E-state index contributed by atoms with van der Waals surface area (Å²) in [5, 5.41) is 8.62. The van der Waals surface area contributed by atoms with E-state index < -0.39 is 0 Å². The predicted molar refractivity (Wildman–Crippen MR) is 133 cm³/mol. The van der Waals surface area contributed by atoms with Gasteiger partial charge in [0.05, 0.1) is 19.4 Å². The maximum Gasteiger partial charge on any atom is 0.251 e. The molecule has 1 fully saturated rings. The van der Waals surface area contributed by atoms with Gasteiger partial charge < -0.3 is 20.4 Å². The summed E-state index contributed by atoms with van der Waals surface area (Å²) in [5.74, 6) is 0.305. The molecule has 8 nitrogen and oxygen atoms in total. The molecule has 1 aliphatic carbocycles. The lowest BCUT2D eigenvalue weighted by atomic mass is 10.1. The topological polar surface area (TPSA) is 104 Å². The molecule has 1 aliphatic rings. The van der Waals surface area contributed by atoms with E-state index in [2.05, 4.69) is 16.0 Å². The van der Waals surface area contributed by atoms with Crippen molar-refractivity contribution in [1.29, 1.82) is 0 Å². The van der Waals surface area contributed by atoms with Gasteiger partial charge in [-0.3, -0.25) is 19.3 Å². The molecule has 35 heavy (non-hydrogen) atoms. The summed E-state index contributed by atoms with van der Waals surface area (Å²) >= 11 is 0. The van der Waals surface area contributed by atoms with E-state index in [1.54, 1.807) is 30.5 Å². The highest BCUT2D eigenvalue weighted by atomic mass is 16.3. The number of amides is 3. The number of furan rings is 1. The second kappa shape index (κ2) is 11.5. The molecule has 3 amide bonds. The first-order valence-corrected chi connectivity index (χ1v) is 11.8. The predicted octanol–water partition coefficient (Wildman–Crippen LogP) is 3.56. The van der Waals surface area contributed by atoms with E-state index in [1.807, 2.05) is 48.2 Å². The highest BCUT2D eigenvalue weighted by Gasteiger charge is 2.23. The number of hydrogen-bond acceptors (Lipinski definition) is 5. The summed E-state index contributed by atoms with van der Waals surface area (Å²) in [6.45, 7) is 3.45. The van der Waals surface area contributed by atoms with E-state index in [0.29, 0.717) is 42.5 Å². The van der Waals surface area contributed by atoms with Gasteiger partial charge in [-0.1, -0.05) is 18.2 Å². The van der Waals surface area contributed by atoms with Gasteiger partial charge in [-0.05, 0) is 67.8 Å².